The fourth-order valence-corrected chi connectivity index (χ4v) is 4.54. The lowest BCUT2D eigenvalue weighted by Gasteiger charge is -2.35. The van der Waals surface area contributed by atoms with Crippen LogP contribution in [0.25, 0.3) is 22.3 Å². The smallest absolute Gasteiger partial charge is 0.258 e. The van der Waals surface area contributed by atoms with Gasteiger partial charge in [0.05, 0.1) is 29.0 Å². The van der Waals surface area contributed by atoms with E-state index in [1.54, 1.807) is 4.57 Å². The zero-order valence-electron chi connectivity index (χ0n) is 16.3. The van der Waals surface area contributed by atoms with E-state index in [1.165, 1.54) is 6.92 Å². The number of nitrogens with zero attached hydrogens (tertiary/aromatic N) is 2. The van der Waals surface area contributed by atoms with Crippen molar-refractivity contribution in [2.45, 2.75) is 39.0 Å². The summed E-state index contributed by atoms with van der Waals surface area (Å²) in [5, 5.41) is 12.0. The molecule has 0 aliphatic carbocycles. The molecule has 0 saturated carbocycles. The number of fused-ring (bicyclic) bond motifs is 5. The van der Waals surface area contributed by atoms with Crippen LogP contribution in [0.2, 0.25) is 0 Å². The van der Waals surface area contributed by atoms with Crippen molar-refractivity contribution in [3.8, 4) is 11.4 Å². The molecule has 5 rings (SSSR count). The first-order valence-corrected chi connectivity index (χ1v) is 9.61. The summed E-state index contributed by atoms with van der Waals surface area (Å²) < 4.78 is 7.15. The summed E-state index contributed by atoms with van der Waals surface area (Å²) in [6.07, 6.45) is 0.332. The van der Waals surface area contributed by atoms with Crippen molar-refractivity contribution < 1.29 is 14.6 Å². The lowest BCUT2D eigenvalue weighted by Crippen LogP contribution is -2.38. The van der Waals surface area contributed by atoms with Crippen molar-refractivity contribution in [3.63, 3.8) is 0 Å². The van der Waals surface area contributed by atoms with E-state index < -0.39 is 5.60 Å². The SMILES string of the molecule is C=C1OCc2c(cc3n(c2=O)Cc2c-3nc3ccccc3c2C(C)=O)[C@@]1(O)CC. The van der Waals surface area contributed by atoms with Crippen LogP contribution in [0.5, 0.6) is 0 Å². The Balaban J connectivity index is 1.87. The van der Waals surface area contributed by atoms with Crippen LogP contribution in [-0.4, -0.2) is 20.4 Å². The van der Waals surface area contributed by atoms with Crippen molar-refractivity contribution in [1.29, 1.82) is 0 Å². The highest BCUT2D eigenvalue weighted by atomic mass is 16.5. The van der Waals surface area contributed by atoms with Gasteiger partial charge in [0.15, 0.2) is 5.78 Å². The normalized spacial score (nSPS) is 19.5. The Morgan fingerprint density at radius 2 is 2.10 bits per heavy atom. The first-order valence-electron chi connectivity index (χ1n) is 9.61. The summed E-state index contributed by atoms with van der Waals surface area (Å²) in [6, 6.07) is 9.30. The van der Waals surface area contributed by atoms with E-state index >= 15 is 0 Å². The third kappa shape index (κ3) is 2.23. The molecule has 6 nitrogen and oxygen atoms in total. The van der Waals surface area contributed by atoms with E-state index in [2.05, 4.69) is 6.58 Å². The van der Waals surface area contributed by atoms with Crippen molar-refractivity contribution in [2.24, 2.45) is 0 Å². The summed E-state index contributed by atoms with van der Waals surface area (Å²) in [5.74, 6) is 0.179. The molecule has 3 aromatic rings. The maximum Gasteiger partial charge on any atom is 0.258 e. The highest BCUT2D eigenvalue weighted by molar-refractivity contribution is 6.09. The van der Waals surface area contributed by atoms with Crippen molar-refractivity contribution in [1.82, 2.24) is 9.55 Å². The summed E-state index contributed by atoms with van der Waals surface area (Å²) >= 11 is 0. The van der Waals surface area contributed by atoms with Gasteiger partial charge in [0.2, 0.25) is 0 Å². The molecule has 1 aromatic carbocycles. The summed E-state index contributed by atoms with van der Waals surface area (Å²) in [5.41, 5.74) is 2.55. The van der Waals surface area contributed by atoms with E-state index in [-0.39, 0.29) is 30.3 Å². The van der Waals surface area contributed by atoms with Gasteiger partial charge in [-0.25, -0.2) is 4.98 Å². The number of hydrogen-bond acceptors (Lipinski definition) is 5. The molecule has 2 aromatic heterocycles. The summed E-state index contributed by atoms with van der Waals surface area (Å²) in [6.45, 7) is 7.54. The van der Waals surface area contributed by atoms with Crippen LogP contribution < -0.4 is 5.56 Å². The number of benzene rings is 1. The highest BCUT2D eigenvalue weighted by Crippen LogP contribution is 2.42. The minimum Gasteiger partial charge on any atom is -0.490 e. The molecule has 0 spiro atoms. The second-order valence-corrected chi connectivity index (χ2v) is 7.63. The molecule has 29 heavy (non-hydrogen) atoms. The highest BCUT2D eigenvalue weighted by Gasteiger charge is 2.41. The number of carbonyl (C=O) groups excluding carboxylic acids is 1. The molecule has 0 bridgehead atoms. The topological polar surface area (TPSA) is 81.4 Å². The number of aliphatic hydroxyl groups is 1. The molecule has 0 fully saturated rings. The monoisotopic (exact) mass is 388 g/mol. The molecule has 1 atom stereocenters. The molecule has 2 aliphatic heterocycles. The molecular formula is C23H20N2O4. The number of carbonyl (C=O) groups is 1. The van der Waals surface area contributed by atoms with Crippen LogP contribution in [0.3, 0.4) is 0 Å². The van der Waals surface area contributed by atoms with Gasteiger partial charge in [-0.05, 0) is 25.5 Å². The molecule has 0 radical (unpaired) electrons. The van der Waals surface area contributed by atoms with Crippen molar-refractivity contribution >= 4 is 16.7 Å². The largest absolute Gasteiger partial charge is 0.490 e. The van der Waals surface area contributed by atoms with Gasteiger partial charge in [-0.15, -0.1) is 0 Å². The standard InChI is InChI=1S/C23H20N2O4/c1-4-23(28)13(3)29-11-16-17(23)9-19-21-15(10-25(19)22(16)27)20(12(2)26)14-7-5-6-8-18(14)24-21/h5-9,28H,3-4,10-11H2,1-2H3/t23-/m1/s1. The number of aromatic nitrogens is 2. The number of ether oxygens (including phenoxy) is 1. The predicted molar refractivity (Wildman–Crippen MR) is 109 cm³/mol. The fraction of sp³-hybridized carbons (Fsp3) is 0.261. The van der Waals surface area contributed by atoms with Gasteiger partial charge in [-0.2, -0.15) is 0 Å². The molecule has 6 heteroatoms. The predicted octanol–water partition coefficient (Wildman–Crippen LogP) is 3.27. The zero-order valence-corrected chi connectivity index (χ0v) is 16.3. The Morgan fingerprint density at radius 3 is 2.83 bits per heavy atom. The number of ketones is 1. The van der Waals surface area contributed by atoms with Gasteiger partial charge >= 0.3 is 0 Å². The van der Waals surface area contributed by atoms with Crippen LogP contribution in [-0.2, 0) is 23.5 Å². The molecular weight excluding hydrogens is 368 g/mol. The van der Waals surface area contributed by atoms with Crippen LogP contribution in [0.4, 0.5) is 0 Å². The molecule has 0 unspecified atom stereocenters. The molecule has 4 heterocycles. The van der Waals surface area contributed by atoms with Gasteiger partial charge in [0.1, 0.15) is 18.0 Å². The summed E-state index contributed by atoms with van der Waals surface area (Å²) in [4.78, 5) is 30.6. The maximum absolute atomic E-state index is 13.3. The fourth-order valence-electron chi connectivity index (χ4n) is 4.54. The number of pyridine rings is 2. The first-order chi connectivity index (χ1) is 13.9. The molecule has 146 valence electrons. The van der Waals surface area contributed by atoms with E-state index in [0.29, 0.717) is 40.0 Å². The maximum atomic E-state index is 13.3. The second-order valence-electron chi connectivity index (χ2n) is 7.63. The lowest BCUT2D eigenvalue weighted by atomic mass is 9.84. The van der Waals surface area contributed by atoms with Crippen molar-refractivity contribution in [2.75, 3.05) is 0 Å². The first kappa shape index (κ1) is 17.8. The van der Waals surface area contributed by atoms with E-state index in [9.17, 15) is 14.7 Å². The number of hydrogen-bond donors (Lipinski definition) is 1. The second kappa shape index (κ2) is 5.87. The molecule has 0 amide bonds. The Morgan fingerprint density at radius 1 is 1.34 bits per heavy atom. The number of rotatable bonds is 2. The Labute approximate surface area is 167 Å². The van der Waals surface area contributed by atoms with E-state index in [0.717, 1.165) is 10.9 Å². The van der Waals surface area contributed by atoms with Gasteiger partial charge in [0.25, 0.3) is 5.56 Å². The average molecular weight is 388 g/mol. The van der Waals surface area contributed by atoms with E-state index in [1.807, 2.05) is 37.3 Å². The van der Waals surface area contributed by atoms with Crippen molar-refractivity contribution in [3.05, 3.63) is 75.3 Å². The number of Topliss-reactive ketones (excluding diaryl/α,β-unsaturated/α-hetero) is 1. The minimum absolute atomic E-state index is 0.0627. The Bertz CT molecular complexity index is 1300. The molecule has 2 aliphatic rings. The minimum atomic E-state index is -1.43. The van der Waals surface area contributed by atoms with Gasteiger partial charge in [0, 0.05) is 22.1 Å². The third-order valence-electron chi connectivity index (χ3n) is 6.11. The number of para-hydroxylation sites is 1. The molecule has 0 saturated heterocycles. The molecule has 1 N–H and O–H groups in total. The van der Waals surface area contributed by atoms with Crippen LogP contribution >= 0.6 is 0 Å². The summed E-state index contributed by atoms with van der Waals surface area (Å²) in [7, 11) is 0. The average Bonchev–Trinajstić information content (AvgIpc) is 3.07. The third-order valence-corrected chi connectivity index (χ3v) is 6.11. The Kier molecular flexibility index (Phi) is 3.61. The van der Waals surface area contributed by atoms with Crippen LogP contribution in [0.1, 0.15) is 47.3 Å². The lowest BCUT2D eigenvalue weighted by molar-refractivity contribution is -0.0172. The van der Waals surface area contributed by atoms with Gasteiger partial charge in [-0.3, -0.25) is 9.59 Å². The quantitative estimate of drug-likeness (QED) is 0.533. The van der Waals surface area contributed by atoms with Gasteiger partial charge < -0.3 is 14.4 Å². The van der Waals surface area contributed by atoms with Crippen LogP contribution in [0, 0.1) is 0 Å². The Hall–Kier alpha value is -3.25. The van der Waals surface area contributed by atoms with Crippen LogP contribution in [0.15, 0.2) is 47.5 Å². The zero-order chi connectivity index (χ0) is 20.5. The van der Waals surface area contributed by atoms with Gasteiger partial charge in [-0.1, -0.05) is 31.7 Å². The van der Waals surface area contributed by atoms with E-state index in [4.69, 9.17) is 9.72 Å².